The molecule has 3 nitrogen and oxygen atoms in total. The van der Waals surface area contributed by atoms with Crippen LogP contribution in [0.25, 0.3) is 0 Å². The second-order valence-electron chi connectivity index (χ2n) is 1.40. The molecule has 0 spiro atoms. The zero-order valence-corrected chi connectivity index (χ0v) is 5.39. The Hall–Kier alpha value is -0.450. The standard InChI is InChI=1S/C4H6NO2P/c1-4(2-5)3-7-8-6/h4H,3H2,1H3. The molecule has 44 valence electrons. The van der Waals surface area contributed by atoms with Crippen molar-refractivity contribution in [2.45, 2.75) is 6.92 Å². The second kappa shape index (κ2) is 4.70. The molecule has 0 saturated heterocycles. The van der Waals surface area contributed by atoms with Gasteiger partial charge in [0.2, 0.25) is 0 Å². The second-order valence-corrected chi connectivity index (χ2v) is 1.81. The van der Waals surface area contributed by atoms with E-state index in [0.29, 0.717) is 0 Å². The first-order valence-corrected chi connectivity index (χ1v) is 2.88. The summed E-state index contributed by atoms with van der Waals surface area (Å²) >= 11 is 0. The summed E-state index contributed by atoms with van der Waals surface area (Å²) in [6.07, 6.45) is 0. The van der Waals surface area contributed by atoms with E-state index in [2.05, 4.69) is 4.52 Å². The van der Waals surface area contributed by atoms with E-state index in [9.17, 15) is 4.57 Å². The highest BCUT2D eigenvalue weighted by atomic mass is 31.1. The highest BCUT2D eigenvalue weighted by molar-refractivity contribution is 7.17. The van der Waals surface area contributed by atoms with Gasteiger partial charge in [-0.1, -0.05) is 0 Å². The third-order valence-electron chi connectivity index (χ3n) is 0.598. The van der Waals surface area contributed by atoms with Gasteiger partial charge in [0.1, 0.15) is 0 Å². The Bertz CT molecular complexity index is 109. The maximum Gasteiger partial charge on any atom is 0.327 e. The molecule has 0 aromatic carbocycles. The van der Waals surface area contributed by atoms with Gasteiger partial charge in [-0.25, -0.2) is 4.57 Å². The Labute approximate surface area is 49.5 Å². The van der Waals surface area contributed by atoms with E-state index >= 15 is 0 Å². The minimum absolute atomic E-state index is 0.170. The molecule has 0 aliphatic carbocycles. The van der Waals surface area contributed by atoms with E-state index < -0.39 is 0 Å². The third-order valence-corrected chi connectivity index (χ3v) is 0.852. The van der Waals surface area contributed by atoms with Crippen molar-refractivity contribution in [2.75, 3.05) is 6.61 Å². The van der Waals surface area contributed by atoms with E-state index in [1.165, 1.54) is 0 Å². The van der Waals surface area contributed by atoms with Crippen molar-refractivity contribution in [2.24, 2.45) is 5.92 Å². The van der Waals surface area contributed by atoms with Gasteiger partial charge in [0.15, 0.2) is 0 Å². The van der Waals surface area contributed by atoms with Gasteiger partial charge in [-0.05, 0) is 6.92 Å². The summed E-state index contributed by atoms with van der Waals surface area (Å²) in [5.74, 6) is -0.170. The fourth-order valence-electron chi connectivity index (χ4n) is 0.180. The lowest BCUT2D eigenvalue weighted by atomic mass is 10.2. The van der Waals surface area contributed by atoms with Gasteiger partial charge >= 0.3 is 8.69 Å². The molecule has 0 aromatic rings. The van der Waals surface area contributed by atoms with Gasteiger partial charge in [-0.3, -0.25) is 4.52 Å². The molecule has 8 heavy (non-hydrogen) atoms. The van der Waals surface area contributed by atoms with Crippen LogP contribution >= 0.6 is 8.69 Å². The lowest BCUT2D eigenvalue weighted by Gasteiger charge is -1.92. The summed E-state index contributed by atoms with van der Waals surface area (Å²) < 4.78 is 14.0. The molecular formula is C4H6NO2P. The predicted octanol–water partition coefficient (Wildman–Crippen LogP) is 1.37. The van der Waals surface area contributed by atoms with Gasteiger partial charge in [-0.15, -0.1) is 0 Å². The summed E-state index contributed by atoms with van der Waals surface area (Å²) in [5.41, 5.74) is 0. The Kier molecular flexibility index (Phi) is 4.44. The third kappa shape index (κ3) is 3.73. The topological polar surface area (TPSA) is 50.1 Å². The smallest absolute Gasteiger partial charge is 0.293 e. The molecule has 0 radical (unpaired) electrons. The lowest BCUT2D eigenvalue weighted by molar-refractivity contribution is 0.312. The summed E-state index contributed by atoms with van der Waals surface area (Å²) in [4.78, 5) is 0. The largest absolute Gasteiger partial charge is 0.327 e. The monoisotopic (exact) mass is 131 g/mol. The highest BCUT2D eigenvalue weighted by Gasteiger charge is 1.96. The molecular weight excluding hydrogens is 125 g/mol. The minimum Gasteiger partial charge on any atom is -0.293 e. The Balaban J connectivity index is 3.14. The maximum atomic E-state index is 9.59. The fraction of sp³-hybridized carbons (Fsp3) is 0.750. The number of hydrogen-bond donors (Lipinski definition) is 0. The van der Waals surface area contributed by atoms with Gasteiger partial charge in [0.25, 0.3) is 0 Å². The van der Waals surface area contributed by atoms with Crippen molar-refractivity contribution in [1.29, 1.82) is 5.26 Å². The van der Waals surface area contributed by atoms with Gasteiger partial charge in [0, 0.05) is 0 Å². The summed E-state index contributed by atoms with van der Waals surface area (Å²) in [6, 6.07) is 1.93. The Morgan fingerprint density at radius 2 is 2.62 bits per heavy atom. The van der Waals surface area contributed by atoms with Crippen LogP contribution in [0.1, 0.15) is 6.92 Å². The molecule has 1 atom stereocenters. The van der Waals surface area contributed by atoms with Crippen LogP contribution in [-0.2, 0) is 9.09 Å². The summed E-state index contributed by atoms with van der Waals surface area (Å²) in [7, 11) is -0.352. The van der Waals surface area contributed by atoms with E-state index in [0.717, 1.165) is 0 Å². The SMILES string of the molecule is CC(C#N)COP=O. The van der Waals surface area contributed by atoms with E-state index in [4.69, 9.17) is 5.26 Å². The quantitative estimate of drug-likeness (QED) is 0.543. The maximum absolute atomic E-state index is 9.59. The molecule has 0 N–H and O–H groups in total. The van der Waals surface area contributed by atoms with Crippen LogP contribution in [0.2, 0.25) is 0 Å². The first kappa shape index (κ1) is 7.55. The number of hydrogen-bond acceptors (Lipinski definition) is 3. The van der Waals surface area contributed by atoms with Crippen LogP contribution < -0.4 is 0 Å². The molecule has 0 saturated carbocycles. The van der Waals surface area contributed by atoms with Crippen molar-refractivity contribution in [3.8, 4) is 6.07 Å². The molecule has 0 aliphatic heterocycles. The van der Waals surface area contributed by atoms with Crippen molar-refractivity contribution in [1.82, 2.24) is 0 Å². The summed E-state index contributed by atoms with van der Waals surface area (Å²) in [5, 5.41) is 8.13. The normalized spacial score (nSPS) is 13.0. The van der Waals surface area contributed by atoms with Crippen LogP contribution in [0.5, 0.6) is 0 Å². The zero-order chi connectivity index (χ0) is 6.41. The Morgan fingerprint density at radius 3 is 3.00 bits per heavy atom. The van der Waals surface area contributed by atoms with Crippen LogP contribution in [0, 0.1) is 17.2 Å². The van der Waals surface area contributed by atoms with Crippen molar-refractivity contribution in [3.05, 3.63) is 0 Å². The Morgan fingerprint density at radius 1 is 2.00 bits per heavy atom. The minimum atomic E-state index is -0.352. The first-order valence-electron chi connectivity index (χ1n) is 2.15. The number of nitriles is 1. The first-order chi connectivity index (χ1) is 3.81. The van der Waals surface area contributed by atoms with Crippen molar-refractivity contribution < 1.29 is 9.09 Å². The van der Waals surface area contributed by atoms with Crippen LogP contribution in [-0.4, -0.2) is 6.61 Å². The zero-order valence-electron chi connectivity index (χ0n) is 4.50. The highest BCUT2D eigenvalue weighted by Crippen LogP contribution is 1.99. The molecule has 4 heteroatoms. The number of nitrogens with zero attached hydrogens (tertiary/aromatic N) is 1. The van der Waals surface area contributed by atoms with Gasteiger partial charge in [-0.2, -0.15) is 5.26 Å². The van der Waals surface area contributed by atoms with Crippen LogP contribution in [0.15, 0.2) is 0 Å². The van der Waals surface area contributed by atoms with Crippen molar-refractivity contribution >= 4 is 8.69 Å². The van der Waals surface area contributed by atoms with E-state index in [1.54, 1.807) is 6.92 Å². The average molecular weight is 131 g/mol. The molecule has 0 heterocycles. The predicted molar refractivity (Wildman–Crippen MR) is 28.3 cm³/mol. The molecule has 0 amide bonds. The molecule has 0 fully saturated rings. The lowest BCUT2D eigenvalue weighted by Crippen LogP contribution is -1.96. The van der Waals surface area contributed by atoms with E-state index in [-0.39, 0.29) is 21.2 Å². The fourth-order valence-corrected chi connectivity index (χ4v) is 0.464. The van der Waals surface area contributed by atoms with Gasteiger partial charge < -0.3 is 0 Å². The molecule has 1 unspecified atom stereocenters. The van der Waals surface area contributed by atoms with Crippen LogP contribution in [0.4, 0.5) is 0 Å². The van der Waals surface area contributed by atoms with Gasteiger partial charge in [0.05, 0.1) is 18.6 Å². The molecule has 0 bridgehead atoms. The molecule has 0 aromatic heterocycles. The number of rotatable bonds is 3. The average Bonchev–Trinajstić information content (AvgIpc) is 1.83. The molecule has 0 aliphatic rings. The van der Waals surface area contributed by atoms with E-state index in [1.807, 2.05) is 6.07 Å². The van der Waals surface area contributed by atoms with Crippen molar-refractivity contribution in [3.63, 3.8) is 0 Å². The molecule has 0 rings (SSSR count). The summed E-state index contributed by atoms with van der Waals surface area (Å²) in [6.45, 7) is 1.94. The van der Waals surface area contributed by atoms with Crippen LogP contribution in [0.3, 0.4) is 0 Å².